The van der Waals surface area contributed by atoms with Crippen LogP contribution in [0, 0.1) is 5.82 Å². The van der Waals surface area contributed by atoms with Crippen molar-refractivity contribution in [3.05, 3.63) is 41.7 Å². The van der Waals surface area contributed by atoms with Crippen molar-refractivity contribution in [3.63, 3.8) is 0 Å². The van der Waals surface area contributed by atoms with Gasteiger partial charge in [-0.15, -0.1) is 0 Å². The van der Waals surface area contributed by atoms with Crippen LogP contribution in [0.5, 0.6) is 0 Å². The van der Waals surface area contributed by atoms with Crippen molar-refractivity contribution in [1.29, 1.82) is 0 Å². The van der Waals surface area contributed by atoms with Crippen molar-refractivity contribution in [2.45, 2.75) is 32.7 Å². The van der Waals surface area contributed by atoms with Gasteiger partial charge in [0.2, 0.25) is 0 Å². The van der Waals surface area contributed by atoms with Crippen LogP contribution in [0.1, 0.15) is 26.3 Å². The molecule has 3 heteroatoms. The summed E-state index contributed by atoms with van der Waals surface area (Å²) in [5.41, 5.74) is 3.49. The molecule has 0 bridgehead atoms. The van der Waals surface area contributed by atoms with E-state index in [0.29, 0.717) is 0 Å². The number of anilines is 1. The maximum atomic E-state index is 13.3. The van der Waals surface area contributed by atoms with Crippen molar-refractivity contribution >= 4 is 5.69 Å². The topological polar surface area (TPSA) is 15.3 Å². The Hall–Kier alpha value is -1.35. The zero-order valence-electron chi connectivity index (χ0n) is 12.1. The Morgan fingerprint density at radius 1 is 1.42 bits per heavy atom. The molecule has 1 aliphatic heterocycles. The van der Waals surface area contributed by atoms with Gasteiger partial charge in [-0.3, -0.25) is 0 Å². The first-order valence-electron chi connectivity index (χ1n) is 6.80. The number of halogens is 1. The highest BCUT2D eigenvalue weighted by Crippen LogP contribution is 2.28. The molecule has 19 heavy (non-hydrogen) atoms. The number of fused-ring (bicyclic) bond motifs is 1. The lowest BCUT2D eigenvalue weighted by atomic mass is 10.1. The van der Waals surface area contributed by atoms with Gasteiger partial charge in [0.15, 0.2) is 0 Å². The molecule has 0 radical (unpaired) electrons. The van der Waals surface area contributed by atoms with Gasteiger partial charge < -0.3 is 10.2 Å². The van der Waals surface area contributed by atoms with Crippen molar-refractivity contribution in [2.75, 3.05) is 24.5 Å². The average molecular weight is 262 g/mol. The molecule has 0 aromatic heterocycles. The third-order valence-corrected chi connectivity index (χ3v) is 3.32. The Bertz CT molecular complexity index is 474. The highest BCUT2D eigenvalue weighted by atomic mass is 19.1. The predicted molar refractivity (Wildman–Crippen MR) is 79.2 cm³/mol. The first kappa shape index (κ1) is 14.1. The average Bonchev–Trinajstić information content (AvgIpc) is 2.68. The summed E-state index contributed by atoms with van der Waals surface area (Å²) in [5.74, 6) is -0.163. The van der Waals surface area contributed by atoms with E-state index >= 15 is 0 Å². The van der Waals surface area contributed by atoms with Gasteiger partial charge >= 0.3 is 0 Å². The van der Waals surface area contributed by atoms with Gasteiger partial charge in [-0.2, -0.15) is 0 Å². The minimum absolute atomic E-state index is 0.0952. The number of hydrogen-bond donors (Lipinski definition) is 1. The van der Waals surface area contributed by atoms with E-state index in [-0.39, 0.29) is 11.4 Å². The number of nitrogens with one attached hydrogen (secondary N) is 1. The summed E-state index contributed by atoms with van der Waals surface area (Å²) < 4.78 is 13.3. The van der Waals surface area contributed by atoms with Crippen LogP contribution >= 0.6 is 0 Å². The zero-order chi connectivity index (χ0) is 14.0. The molecular weight excluding hydrogens is 239 g/mol. The van der Waals surface area contributed by atoms with Crippen LogP contribution in [0.15, 0.2) is 30.4 Å². The maximum absolute atomic E-state index is 13.3. The van der Waals surface area contributed by atoms with Crippen molar-refractivity contribution in [1.82, 2.24) is 5.32 Å². The lowest BCUT2D eigenvalue weighted by Crippen LogP contribution is -2.38. The molecule has 1 heterocycles. The van der Waals surface area contributed by atoms with Gasteiger partial charge in [-0.05, 0) is 50.5 Å². The smallest absolute Gasteiger partial charge is 0.125 e. The minimum Gasteiger partial charge on any atom is -0.367 e. The third kappa shape index (κ3) is 3.80. The molecule has 1 N–H and O–H groups in total. The lowest BCUT2D eigenvalue weighted by Gasteiger charge is -2.25. The number of benzene rings is 1. The van der Waals surface area contributed by atoms with Crippen molar-refractivity contribution in [3.8, 4) is 0 Å². The summed E-state index contributed by atoms with van der Waals surface area (Å²) in [4.78, 5) is 2.21. The van der Waals surface area contributed by atoms with Crippen LogP contribution in [-0.4, -0.2) is 25.2 Å². The van der Waals surface area contributed by atoms with Crippen LogP contribution < -0.4 is 10.2 Å². The number of hydrogen-bond acceptors (Lipinski definition) is 2. The van der Waals surface area contributed by atoms with Crippen LogP contribution in [0.25, 0.3) is 0 Å². The lowest BCUT2D eigenvalue weighted by molar-refractivity contribution is 0.443. The summed E-state index contributed by atoms with van der Waals surface area (Å²) in [5, 5.41) is 3.43. The standard InChI is InChI=1S/C16H23FN2/c1-12(10-18-16(2,3)4)11-19-8-7-13-5-6-14(17)9-15(13)19/h5-6,9,18H,1,7-8,10-11H2,2-4H3. The molecule has 2 rings (SSSR count). The molecular formula is C16H23FN2. The van der Waals surface area contributed by atoms with Gasteiger partial charge in [0, 0.05) is 30.9 Å². The van der Waals surface area contributed by atoms with Crippen molar-refractivity contribution < 1.29 is 4.39 Å². The molecule has 0 spiro atoms. The molecule has 0 fully saturated rings. The van der Waals surface area contributed by atoms with Crippen LogP contribution in [-0.2, 0) is 6.42 Å². The van der Waals surface area contributed by atoms with Gasteiger partial charge in [-0.25, -0.2) is 4.39 Å². The Morgan fingerprint density at radius 2 is 2.16 bits per heavy atom. The van der Waals surface area contributed by atoms with E-state index in [2.05, 4.69) is 37.6 Å². The van der Waals surface area contributed by atoms with Gasteiger partial charge in [-0.1, -0.05) is 12.6 Å². The molecule has 104 valence electrons. The van der Waals surface area contributed by atoms with E-state index < -0.39 is 0 Å². The van der Waals surface area contributed by atoms with E-state index in [9.17, 15) is 4.39 Å². The number of nitrogens with zero attached hydrogens (tertiary/aromatic N) is 1. The summed E-state index contributed by atoms with van der Waals surface area (Å²) in [7, 11) is 0. The molecule has 0 atom stereocenters. The molecule has 0 saturated heterocycles. The Labute approximate surface area is 115 Å². The maximum Gasteiger partial charge on any atom is 0.125 e. The van der Waals surface area contributed by atoms with E-state index in [4.69, 9.17) is 0 Å². The molecule has 1 aliphatic rings. The molecule has 0 unspecified atom stereocenters. The second kappa shape index (κ2) is 5.33. The molecule has 1 aromatic carbocycles. The van der Waals surface area contributed by atoms with Crippen molar-refractivity contribution in [2.24, 2.45) is 0 Å². The molecule has 0 amide bonds. The normalized spacial score (nSPS) is 14.6. The van der Waals surface area contributed by atoms with E-state index in [0.717, 1.165) is 37.3 Å². The largest absolute Gasteiger partial charge is 0.367 e. The molecule has 0 aliphatic carbocycles. The highest BCUT2D eigenvalue weighted by Gasteiger charge is 2.20. The van der Waals surface area contributed by atoms with E-state index in [1.807, 2.05) is 6.07 Å². The molecule has 1 aromatic rings. The summed E-state index contributed by atoms with van der Waals surface area (Å²) in [6.07, 6.45) is 0.996. The number of rotatable bonds is 4. The monoisotopic (exact) mass is 262 g/mol. The van der Waals surface area contributed by atoms with Crippen LogP contribution in [0.4, 0.5) is 10.1 Å². The SMILES string of the molecule is C=C(CNC(C)(C)C)CN1CCc2ccc(F)cc21. The Kier molecular flexibility index (Phi) is 3.95. The molecule has 2 nitrogen and oxygen atoms in total. The third-order valence-electron chi connectivity index (χ3n) is 3.32. The summed E-state index contributed by atoms with van der Waals surface area (Å²) in [6.45, 7) is 13.1. The second-order valence-electron chi connectivity index (χ2n) is 6.30. The Balaban J connectivity index is 1.95. The summed E-state index contributed by atoms with van der Waals surface area (Å²) in [6, 6.07) is 5.06. The summed E-state index contributed by atoms with van der Waals surface area (Å²) >= 11 is 0. The van der Waals surface area contributed by atoms with Gasteiger partial charge in [0.25, 0.3) is 0 Å². The fraction of sp³-hybridized carbons (Fsp3) is 0.500. The fourth-order valence-electron chi connectivity index (χ4n) is 2.30. The fourth-order valence-corrected chi connectivity index (χ4v) is 2.30. The van der Waals surface area contributed by atoms with Crippen LogP contribution in [0.3, 0.4) is 0 Å². The second-order valence-corrected chi connectivity index (χ2v) is 6.30. The first-order valence-corrected chi connectivity index (χ1v) is 6.80. The first-order chi connectivity index (χ1) is 8.85. The zero-order valence-corrected chi connectivity index (χ0v) is 12.1. The van der Waals surface area contributed by atoms with E-state index in [1.54, 1.807) is 6.07 Å². The van der Waals surface area contributed by atoms with Crippen LogP contribution in [0.2, 0.25) is 0 Å². The predicted octanol–water partition coefficient (Wildman–Crippen LogP) is 3.13. The molecule has 0 saturated carbocycles. The highest BCUT2D eigenvalue weighted by molar-refractivity contribution is 5.58. The van der Waals surface area contributed by atoms with Gasteiger partial charge in [0.1, 0.15) is 5.82 Å². The minimum atomic E-state index is -0.163. The quantitative estimate of drug-likeness (QED) is 0.839. The van der Waals surface area contributed by atoms with E-state index in [1.165, 1.54) is 11.6 Å². The Morgan fingerprint density at radius 3 is 2.84 bits per heavy atom. The van der Waals surface area contributed by atoms with Gasteiger partial charge in [0.05, 0.1) is 0 Å².